The van der Waals surface area contributed by atoms with Crippen molar-refractivity contribution in [1.82, 2.24) is 9.97 Å². The first kappa shape index (κ1) is 26.4. The van der Waals surface area contributed by atoms with Crippen LogP contribution in [-0.4, -0.2) is 22.5 Å². The Bertz CT molecular complexity index is 999. The van der Waals surface area contributed by atoms with Crippen molar-refractivity contribution in [3.8, 4) is 22.9 Å². The summed E-state index contributed by atoms with van der Waals surface area (Å²) in [5, 5.41) is 0. The van der Waals surface area contributed by atoms with E-state index in [4.69, 9.17) is 9.47 Å². The summed E-state index contributed by atoms with van der Waals surface area (Å²) in [5.74, 6) is 1.53. The molecule has 5 heteroatoms. The second-order valence-corrected chi connectivity index (χ2v) is 8.93. The molecule has 3 aromatic rings. The molecule has 1 heterocycles. The first-order valence-electron chi connectivity index (χ1n) is 13.1. The van der Waals surface area contributed by atoms with Crippen molar-refractivity contribution >= 4 is 5.97 Å². The Kier molecular flexibility index (Phi) is 11.3. The Morgan fingerprint density at radius 3 is 1.97 bits per heavy atom. The van der Waals surface area contributed by atoms with Gasteiger partial charge in [-0.25, -0.2) is 14.8 Å². The van der Waals surface area contributed by atoms with Gasteiger partial charge in [0.1, 0.15) is 11.5 Å². The molecule has 0 spiro atoms. The fraction of sp³-hybridized carbons (Fsp3) is 0.433. The van der Waals surface area contributed by atoms with Gasteiger partial charge < -0.3 is 9.47 Å². The summed E-state index contributed by atoms with van der Waals surface area (Å²) >= 11 is 0. The highest BCUT2D eigenvalue weighted by molar-refractivity contribution is 5.91. The van der Waals surface area contributed by atoms with E-state index in [1.807, 2.05) is 36.7 Å². The molecule has 0 fully saturated rings. The summed E-state index contributed by atoms with van der Waals surface area (Å²) in [4.78, 5) is 21.5. The Labute approximate surface area is 209 Å². The van der Waals surface area contributed by atoms with Gasteiger partial charge >= 0.3 is 5.97 Å². The fourth-order valence-corrected chi connectivity index (χ4v) is 3.81. The smallest absolute Gasteiger partial charge is 0.343 e. The number of aryl methyl sites for hydroxylation is 1. The summed E-state index contributed by atoms with van der Waals surface area (Å²) < 4.78 is 11.3. The van der Waals surface area contributed by atoms with Crippen LogP contribution in [0.15, 0.2) is 60.9 Å². The molecule has 0 aliphatic rings. The predicted octanol–water partition coefficient (Wildman–Crippen LogP) is 7.83. The number of hydrogen-bond donors (Lipinski definition) is 0. The summed E-state index contributed by atoms with van der Waals surface area (Å²) in [6.45, 7) is 5.13. The van der Waals surface area contributed by atoms with Crippen LogP contribution in [0.25, 0.3) is 11.4 Å². The molecule has 0 radical (unpaired) electrons. The number of nitrogens with zero attached hydrogens (tertiary/aromatic N) is 2. The zero-order valence-corrected chi connectivity index (χ0v) is 21.2. The fourth-order valence-electron chi connectivity index (χ4n) is 3.81. The van der Waals surface area contributed by atoms with E-state index in [9.17, 15) is 4.79 Å². The van der Waals surface area contributed by atoms with E-state index in [2.05, 4.69) is 23.8 Å². The normalized spacial score (nSPS) is 10.8. The molecular formula is C30H38N2O3. The number of carbonyl (C=O) groups is 1. The van der Waals surface area contributed by atoms with E-state index in [1.165, 1.54) is 56.9 Å². The first-order valence-corrected chi connectivity index (χ1v) is 13.1. The van der Waals surface area contributed by atoms with Crippen LogP contribution in [0.4, 0.5) is 0 Å². The minimum Gasteiger partial charge on any atom is -0.494 e. The molecule has 0 amide bonds. The van der Waals surface area contributed by atoms with Crippen molar-refractivity contribution in [2.75, 3.05) is 6.61 Å². The van der Waals surface area contributed by atoms with Crippen molar-refractivity contribution in [1.29, 1.82) is 0 Å². The van der Waals surface area contributed by atoms with Crippen molar-refractivity contribution in [2.24, 2.45) is 0 Å². The topological polar surface area (TPSA) is 61.3 Å². The lowest BCUT2D eigenvalue weighted by Crippen LogP contribution is -2.08. The number of benzene rings is 2. The van der Waals surface area contributed by atoms with Crippen LogP contribution in [0, 0.1) is 0 Å². The Balaban J connectivity index is 1.46. The number of rotatable bonds is 15. The molecule has 5 nitrogen and oxygen atoms in total. The van der Waals surface area contributed by atoms with Crippen molar-refractivity contribution < 1.29 is 14.3 Å². The third-order valence-electron chi connectivity index (χ3n) is 5.95. The SMILES string of the molecule is CCCCCCCOc1ccc(C(=O)Oc2ccc(-c3ncc(CCCCCC)cn3)cc2)cc1. The average molecular weight is 475 g/mol. The van der Waals surface area contributed by atoms with Gasteiger partial charge in [0, 0.05) is 18.0 Å². The zero-order valence-electron chi connectivity index (χ0n) is 21.2. The Hall–Kier alpha value is -3.21. The molecule has 0 aliphatic heterocycles. The molecule has 0 unspecified atom stereocenters. The highest BCUT2D eigenvalue weighted by Crippen LogP contribution is 2.21. The monoisotopic (exact) mass is 474 g/mol. The van der Waals surface area contributed by atoms with E-state index in [0.29, 0.717) is 23.7 Å². The molecule has 186 valence electrons. The lowest BCUT2D eigenvalue weighted by Gasteiger charge is -2.08. The molecule has 0 bridgehead atoms. The van der Waals surface area contributed by atoms with Gasteiger partial charge in [0.15, 0.2) is 5.82 Å². The van der Waals surface area contributed by atoms with Gasteiger partial charge in [-0.1, -0.05) is 58.8 Å². The molecule has 2 aromatic carbocycles. The molecule has 1 aromatic heterocycles. The van der Waals surface area contributed by atoms with Crippen LogP contribution < -0.4 is 9.47 Å². The van der Waals surface area contributed by atoms with Gasteiger partial charge in [0.25, 0.3) is 0 Å². The maximum absolute atomic E-state index is 12.5. The largest absolute Gasteiger partial charge is 0.494 e. The van der Waals surface area contributed by atoms with Gasteiger partial charge in [-0.15, -0.1) is 0 Å². The lowest BCUT2D eigenvalue weighted by molar-refractivity contribution is 0.0734. The maximum atomic E-state index is 12.5. The molecule has 0 atom stereocenters. The van der Waals surface area contributed by atoms with Crippen LogP contribution in [0.5, 0.6) is 11.5 Å². The van der Waals surface area contributed by atoms with Crippen LogP contribution in [-0.2, 0) is 6.42 Å². The number of esters is 1. The summed E-state index contributed by atoms with van der Waals surface area (Å²) in [6, 6.07) is 14.4. The predicted molar refractivity (Wildman–Crippen MR) is 141 cm³/mol. The van der Waals surface area contributed by atoms with E-state index in [0.717, 1.165) is 24.2 Å². The van der Waals surface area contributed by atoms with Crippen LogP contribution >= 0.6 is 0 Å². The average Bonchev–Trinajstić information content (AvgIpc) is 2.90. The molecule has 0 aliphatic carbocycles. The van der Waals surface area contributed by atoms with E-state index in [-0.39, 0.29) is 0 Å². The van der Waals surface area contributed by atoms with Crippen molar-refractivity contribution in [3.05, 3.63) is 72.1 Å². The zero-order chi connectivity index (χ0) is 24.7. The molecule has 0 saturated carbocycles. The Morgan fingerprint density at radius 1 is 0.714 bits per heavy atom. The van der Waals surface area contributed by atoms with Gasteiger partial charge in [0.2, 0.25) is 0 Å². The van der Waals surface area contributed by atoms with Crippen LogP contribution in [0.1, 0.15) is 87.6 Å². The minimum absolute atomic E-state index is 0.396. The second-order valence-electron chi connectivity index (χ2n) is 8.93. The summed E-state index contributed by atoms with van der Waals surface area (Å²) in [5.41, 5.74) is 2.54. The van der Waals surface area contributed by atoms with Crippen LogP contribution in [0.2, 0.25) is 0 Å². The van der Waals surface area contributed by atoms with Crippen molar-refractivity contribution in [3.63, 3.8) is 0 Å². The lowest BCUT2D eigenvalue weighted by atomic mass is 10.1. The number of carbonyl (C=O) groups excluding carboxylic acids is 1. The molecule has 3 rings (SSSR count). The van der Waals surface area contributed by atoms with E-state index >= 15 is 0 Å². The van der Waals surface area contributed by atoms with E-state index < -0.39 is 5.97 Å². The van der Waals surface area contributed by atoms with Crippen LogP contribution in [0.3, 0.4) is 0 Å². The molecule has 0 saturated heterocycles. The second kappa shape index (κ2) is 14.9. The summed E-state index contributed by atoms with van der Waals surface area (Å²) in [6.07, 6.45) is 15.8. The first-order chi connectivity index (χ1) is 17.2. The standard InChI is InChI=1S/C30H38N2O3/c1-3-5-7-9-11-21-34-27-17-15-26(16-18-27)30(33)35-28-19-13-25(14-20-28)29-31-22-24(23-32-29)12-10-8-6-4-2/h13-20,22-23H,3-12,21H2,1-2H3. The van der Waals surface area contributed by atoms with E-state index in [1.54, 1.807) is 24.3 Å². The number of hydrogen-bond acceptors (Lipinski definition) is 5. The minimum atomic E-state index is -0.396. The van der Waals surface area contributed by atoms with Gasteiger partial charge in [-0.2, -0.15) is 0 Å². The third kappa shape index (κ3) is 9.16. The highest BCUT2D eigenvalue weighted by atomic mass is 16.5. The maximum Gasteiger partial charge on any atom is 0.343 e. The highest BCUT2D eigenvalue weighted by Gasteiger charge is 2.10. The summed E-state index contributed by atoms with van der Waals surface area (Å²) in [7, 11) is 0. The van der Waals surface area contributed by atoms with Gasteiger partial charge in [-0.05, 0) is 73.4 Å². The third-order valence-corrected chi connectivity index (χ3v) is 5.95. The van der Waals surface area contributed by atoms with Gasteiger partial charge in [0.05, 0.1) is 12.2 Å². The molecule has 0 N–H and O–H groups in total. The number of ether oxygens (including phenoxy) is 2. The molecule has 35 heavy (non-hydrogen) atoms. The molecular weight excluding hydrogens is 436 g/mol. The number of aromatic nitrogens is 2. The van der Waals surface area contributed by atoms with Crippen molar-refractivity contribution in [2.45, 2.75) is 78.1 Å². The van der Waals surface area contributed by atoms with Gasteiger partial charge in [-0.3, -0.25) is 0 Å². The quantitative estimate of drug-likeness (QED) is 0.128. The number of unbranched alkanes of at least 4 members (excludes halogenated alkanes) is 7. The Morgan fingerprint density at radius 2 is 1.31 bits per heavy atom.